The molecule has 0 aromatic carbocycles. The monoisotopic (exact) mass is 273 g/mol. The van der Waals surface area contributed by atoms with Crippen LogP contribution in [-0.4, -0.2) is 60.3 Å². The lowest BCUT2D eigenvalue weighted by Gasteiger charge is -2.31. The Morgan fingerprint density at radius 2 is 1.95 bits per heavy atom. The lowest BCUT2D eigenvalue weighted by Crippen LogP contribution is -2.45. The van der Waals surface area contributed by atoms with Gasteiger partial charge in [0, 0.05) is 13.1 Å². The summed E-state index contributed by atoms with van der Waals surface area (Å²) in [5.74, 6) is -1.29. The van der Waals surface area contributed by atoms with Crippen LogP contribution in [-0.2, 0) is 14.3 Å². The topological polar surface area (TPSA) is 122 Å². The molecule has 19 heavy (non-hydrogen) atoms. The van der Waals surface area contributed by atoms with Gasteiger partial charge in [0.1, 0.15) is 0 Å². The molecule has 0 spiro atoms. The van der Waals surface area contributed by atoms with E-state index in [9.17, 15) is 14.4 Å². The van der Waals surface area contributed by atoms with E-state index < -0.39 is 17.9 Å². The van der Waals surface area contributed by atoms with Gasteiger partial charge >= 0.3 is 12.0 Å². The van der Waals surface area contributed by atoms with Crippen molar-refractivity contribution in [1.29, 1.82) is 0 Å². The van der Waals surface area contributed by atoms with Gasteiger partial charge < -0.3 is 15.6 Å². The van der Waals surface area contributed by atoms with Crippen LogP contribution in [0.2, 0.25) is 0 Å². The van der Waals surface area contributed by atoms with Gasteiger partial charge in [-0.2, -0.15) is 0 Å². The molecule has 1 aliphatic heterocycles. The molecular formula is C11H19N3O5. The molecule has 1 heterocycles. The second-order valence-corrected chi connectivity index (χ2v) is 4.40. The molecular weight excluding hydrogens is 254 g/mol. The van der Waals surface area contributed by atoms with Gasteiger partial charge in [0.05, 0.1) is 25.7 Å². The molecule has 0 aliphatic carbocycles. The van der Waals surface area contributed by atoms with Crippen LogP contribution in [0.25, 0.3) is 0 Å². The Bertz CT molecular complexity index is 339. The van der Waals surface area contributed by atoms with Gasteiger partial charge in [-0.1, -0.05) is 0 Å². The molecule has 0 aromatic heterocycles. The van der Waals surface area contributed by atoms with Gasteiger partial charge in [-0.3, -0.25) is 19.8 Å². The largest absolute Gasteiger partial charge is 0.481 e. The van der Waals surface area contributed by atoms with Crippen LogP contribution in [0, 0.1) is 0 Å². The number of hydrogen-bond acceptors (Lipinski definition) is 5. The molecule has 0 aromatic rings. The molecule has 1 aliphatic rings. The minimum atomic E-state index is -0.874. The number of primary amides is 1. The minimum Gasteiger partial charge on any atom is -0.481 e. The first-order valence-corrected chi connectivity index (χ1v) is 6.12. The van der Waals surface area contributed by atoms with Crippen molar-refractivity contribution in [3.63, 3.8) is 0 Å². The summed E-state index contributed by atoms with van der Waals surface area (Å²) in [6, 6.07) is -0.850. The van der Waals surface area contributed by atoms with Crippen LogP contribution in [0.4, 0.5) is 4.79 Å². The van der Waals surface area contributed by atoms with Crippen LogP contribution in [0.15, 0.2) is 0 Å². The number of piperidine rings is 1. The van der Waals surface area contributed by atoms with Crippen LogP contribution in [0.5, 0.6) is 0 Å². The molecule has 0 radical (unpaired) electrons. The predicted octanol–water partition coefficient (Wildman–Crippen LogP) is -0.863. The van der Waals surface area contributed by atoms with Crippen molar-refractivity contribution in [2.75, 3.05) is 26.2 Å². The number of ether oxygens (including phenoxy) is 1. The van der Waals surface area contributed by atoms with Crippen molar-refractivity contribution in [3.8, 4) is 0 Å². The fourth-order valence-corrected chi connectivity index (χ4v) is 1.93. The molecule has 3 amide bonds. The summed E-state index contributed by atoms with van der Waals surface area (Å²) in [7, 11) is 0. The fraction of sp³-hybridized carbons (Fsp3) is 0.727. The summed E-state index contributed by atoms with van der Waals surface area (Å²) in [4.78, 5) is 34.0. The Hall–Kier alpha value is -1.67. The van der Waals surface area contributed by atoms with Crippen LogP contribution < -0.4 is 11.1 Å². The third-order valence-corrected chi connectivity index (χ3v) is 2.83. The van der Waals surface area contributed by atoms with Crippen LogP contribution >= 0.6 is 0 Å². The van der Waals surface area contributed by atoms with E-state index in [-0.39, 0.29) is 25.7 Å². The Balaban J connectivity index is 2.16. The Kier molecular flexibility index (Phi) is 6.23. The van der Waals surface area contributed by atoms with E-state index in [4.69, 9.17) is 15.6 Å². The molecule has 8 heteroatoms. The van der Waals surface area contributed by atoms with E-state index in [1.165, 1.54) is 0 Å². The number of likely N-dealkylation sites (tertiary alicyclic amines) is 1. The second kappa shape index (κ2) is 7.70. The lowest BCUT2D eigenvalue weighted by atomic mass is 10.1. The summed E-state index contributed by atoms with van der Waals surface area (Å²) >= 11 is 0. The summed E-state index contributed by atoms with van der Waals surface area (Å²) in [6.45, 7) is 1.68. The highest BCUT2D eigenvalue weighted by atomic mass is 16.5. The zero-order valence-electron chi connectivity index (χ0n) is 10.6. The molecule has 1 saturated heterocycles. The number of amides is 3. The fourth-order valence-electron chi connectivity index (χ4n) is 1.93. The normalized spacial score (nSPS) is 17.1. The van der Waals surface area contributed by atoms with Gasteiger partial charge in [0.2, 0.25) is 5.91 Å². The number of nitrogens with zero attached hydrogens (tertiary/aromatic N) is 1. The van der Waals surface area contributed by atoms with E-state index >= 15 is 0 Å². The van der Waals surface area contributed by atoms with Crippen molar-refractivity contribution < 1.29 is 24.2 Å². The number of nitrogens with two attached hydrogens (primary N) is 1. The molecule has 0 saturated carbocycles. The molecule has 8 nitrogen and oxygen atoms in total. The first-order valence-electron chi connectivity index (χ1n) is 6.12. The number of nitrogens with one attached hydrogen (secondary N) is 1. The Morgan fingerprint density at radius 1 is 1.32 bits per heavy atom. The highest BCUT2D eigenvalue weighted by molar-refractivity contribution is 5.94. The van der Waals surface area contributed by atoms with E-state index in [0.717, 1.165) is 12.8 Å². The summed E-state index contributed by atoms with van der Waals surface area (Å²) in [5, 5.41) is 10.5. The standard InChI is InChI=1S/C11H19N3O5/c12-11(18)13-9(15)7-14-4-1-8(2-5-14)19-6-3-10(16)17/h8H,1-7H2,(H,16,17)(H3,12,13,15,18). The first kappa shape index (κ1) is 15.4. The van der Waals surface area contributed by atoms with E-state index in [1.54, 1.807) is 0 Å². The molecule has 0 unspecified atom stereocenters. The van der Waals surface area contributed by atoms with Crippen LogP contribution in [0.1, 0.15) is 19.3 Å². The van der Waals surface area contributed by atoms with E-state index in [2.05, 4.69) is 0 Å². The van der Waals surface area contributed by atoms with Crippen molar-refractivity contribution in [2.24, 2.45) is 5.73 Å². The van der Waals surface area contributed by atoms with Crippen molar-refractivity contribution in [3.05, 3.63) is 0 Å². The van der Waals surface area contributed by atoms with Crippen LogP contribution in [0.3, 0.4) is 0 Å². The highest BCUT2D eigenvalue weighted by Crippen LogP contribution is 2.13. The van der Waals surface area contributed by atoms with E-state index in [1.807, 2.05) is 10.2 Å². The van der Waals surface area contributed by atoms with Gasteiger partial charge in [0.15, 0.2) is 0 Å². The Labute approximate surface area is 110 Å². The van der Waals surface area contributed by atoms with Gasteiger partial charge in [0.25, 0.3) is 0 Å². The summed E-state index contributed by atoms with van der Waals surface area (Å²) in [5.41, 5.74) is 4.84. The molecule has 1 rings (SSSR count). The second-order valence-electron chi connectivity index (χ2n) is 4.40. The molecule has 0 atom stereocenters. The number of carbonyl (C=O) groups excluding carboxylic acids is 2. The lowest BCUT2D eigenvalue weighted by molar-refractivity contribution is -0.139. The van der Waals surface area contributed by atoms with Gasteiger partial charge in [-0.05, 0) is 12.8 Å². The van der Waals surface area contributed by atoms with Crippen molar-refractivity contribution in [2.45, 2.75) is 25.4 Å². The maximum Gasteiger partial charge on any atom is 0.318 e. The number of urea groups is 1. The maximum atomic E-state index is 11.3. The van der Waals surface area contributed by atoms with Gasteiger partial charge in [-0.25, -0.2) is 4.79 Å². The highest BCUT2D eigenvalue weighted by Gasteiger charge is 2.21. The third kappa shape index (κ3) is 6.73. The van der Waals surface area contributed by atoms with Crippen molar-refractivity contribution >= 4 is 17.9 Å². The number of hydrogen-bond donors (Lipinski definition) is 3. The average molecular weight is 273 g/mol. The molecule has 108 valence electrons. The number of rotatable bonds is 6. The molecule has 4 N–H and O–H groups in total. The number of aliphatic carboxylic acids is 1. The smallest absolute Gasteiger partial charge is 0.318 e. The number of imide groups is 1. The zero-order chi connectivity index (χ0) is 14.3. The SMILES string of the molecule is NC(=O)NC(=O)CN1CCC(OCCC(=O)O)CC1. The Morgan fingerprint density at radius 3 is 2.47 bits per heavy atom. The van der Waals surface area contributed by atoms with Crippen molar-refractivity contribution in [1.82, 2.24) is 10.2 Å². The minimum absolute atomic E-state index is 0.00122. The molecule has 0 bridgehead atoms. The first-order chi connectivity index (χ1) is 8.97. The third-order valence-electron chi connectivity index (χ3n) is 2.83. The number of carboxylic acid groups (broad SMARTS) is 1. The number of carbonyl (C=O) groups is 3. The predicted molar refractivity (Wildman–Crippen MR) is 65.4 cm³/mol. The molecule has 1 fully saturated rings. The average Bonchev–Trinajstić information content (AvgIpc) is 2.29. The quantitative estimate of drug-likeness (QED) is 0.578. The van der Waals surface area contributed by atoms with E-state index in [0.29, 0.717) is 13.1 Å². The zero-order valence-corrected chi connectivity index (χ0v) is 10.6. The summed E-state index contributed by atoms with van der Waals surface area (Å²) in [6.07, 6.45) is 1.52. The maximum absolute atomic E-state index is 11.3. The summed E-state index contributed by atoms with van der Waals surface area (Å²) < 4.78 is 5.43. The van der Waals surface area contributed by atoms with Gasteiger partial charge in [-0.15, -0.1) is 0 Å². The number of carboxylic acids is 1.